The number of nitrogens with one attached hydrogen (secondary N) is 3. The van der Waals surface area contributed by atoms with Gasteiger partial charge in [-0.15, -0.1) is 0 Å². The first-order valence-electron chi connectivity index (χ1n) is 6.77. The highest BCUT2D eigenvalue weighted by Gasteiger charge is 2.14. The van der Waals surface area contributed by atoms with Gasteiger partial charge in [-0.05, 0) is 44.0 Å². The molecule has 1 amide bonds. The molecule has 1 aromatic carbocycles. The van der Waals surface area contributed by atoms with Crippen molar-refractivity contribution in [3.05, 3.63) is 30.1 Å². The molecule has 0 spiro atoms. The number of carbonyl (C=O) groups excluding carboxylic acids is 1. The lowest BCUT2D eigenvalue weighted by atomic mass is 10.1. The number of imidazole rings is 1. The summed E-state index contributed by atoms with van der Waals surface area (Å²) in [6.07, 6.45) is 5.10. The van der Waals surface area contributed by atoms with E-state index in [4.69, 9.17) is 0 Å². The molecule has 2 aromatic rings. The van der Waals surface area contributed by atoms with E-state index in [1.54, 1.807) is 6.33 Å². The zero-order valence-corrected chi connectivity index (χ0v) is 10.8. The Morgan fingerprint density at radius 3 is 3.26 bits per heavy atom. The first kappa shape index (κ1) is 12.2. The molecule has 5 nitrogen and oxygen atoms in total. The Morgan fingerprint density at radius 2 is 2.42 bits per heavy atom. The highest BCUT2D eigenvalue weighted by Crippen LogP contribution is 2.12. The van der Waals surface area contributed by atoms with Crippen molar-refractivity contribution in [3.8, 4) is 0 Å². The maximum atomic E-state index is 12.0. The van der Waals surface area contributed by atoms with E-state index in [1.807, 2.05) is 18.2 Å². The fourth-order valence-corrected chi connectivity index (χ4v) is 2.54. The molecule has 1 aliphatic rings. The Balaban J connectivity index is 1.56. The van der Waals surface area contributed by atoms with Gasteiger partial charge >= 0.3 is 0 Å². The van der Waals surface area contributed by atoms with Crippen molar-refractivity contribution in [2.24, 2.45) is 0 Å². The second-order valence-electron chi connectivity index (χ2n) is 4.97. The number of nitrogens with zero attached hydrogens (tertiary/aromatic N) is 1. The third kappa shape index (κ3) is 2.76. The van der Waals surface area contributed by atoms with E-state index in [-0.39, 0.29) is 5.91 Å². The van der Waals surface area contributed by atoms with Crippen molar-refractivity contribution < 1.29 is 4.79 Å². The minimum atomic E-state index is -0.0190. The minimum absolute atomic E-state index is 0.0190. The lowest BCUT2D eigenvalue weighted by molar-refractivity contribution is 0.0952. The van der Waals surface area contributed by atoms with Crippen molar-refractivity contribution in [1.82, 2.24) is 20.6 Å². The van der Waals surface area contributed by atoms with Gasteiger partial charge in [0.1, 0.15) is 0 Å². The van der Waals surface area contributed by atoms with Crippen molar-refractivity contribution in [3.63, 3.8) is 0 Å². The van der Waals surface area contributed by atoms with Crippen molar-refractivity contribution in [2.45, 2.75) is 25.3 Å². The number of aromatic nitrogens is 2. The second-order valence-corrected chi connectivity index (χ2v) is 4.97. The van der Waals surface area contributed by atoms with E-state index in [2.05, 4.69) is 20.6 Å². The van der Waals surface area contributed by atoms with Gasteiger partial charge in [0.05, 0.1) is 17.4 Å². The van der Waals surface area contributed by atoms with E-state index in [9.17, 15) is 4.79 Å². The third-order valence-electron chi connectivity index (χ3n) is 3.62. The summed E-state index contributed by atoms with van der Waals surface area (Å²) in [6.45, 7) is 1.83. The number of benzene rings is 1. The van der Waals surface area contributed by atoms with Crippen LogP contribution in [0.2, 0.25) is 0 Å². The number of H-pyrrole nitrogens is 1. The molecule has 0 aliphatic carbocycles. The van der Waals surface area contributed by atoms with Crippen LogP contribution in [0.1, 0.15) is 29.6 Å². The number of hydrogen-bond acceptors (Lipinski definition) is 3. The molecule has 19 heavy (non-hydrogen) atoms. The Morgan fingerprint density at radius 1 is 1.47 bits per heavy atom. The van der Waals surface area contributed by atoms with Crippen molar-refractivity contribution in [2.75, 3.05) is 13.1 Å². The zero-order chi connectivity index (χ0) is 13.1. The van der Waals surface area contributed by atoms with Gasteiger partial charge in [-0.25, -0.2) is 4.98 Å². The predicted molar refractivity (Wildman–Crippen MR) is 74.1 cm³/mol. The molecule has 5 heteroatoms. The number of fused-ring (bicyclic) bond motifs is 1. The molecular weight excluding hydrogens is 240 g/mol. The summed E-state index contributed by atoms with van der Waals surface area (Å²) in [5, 5.41) is 6.40. The lowest BCUT2D eigenvalue weighted by Gasteiger charge is -2.10. The van der Waals surface area contributed by atoms with Gasteiger partial charge in [0.2, 0.25) is 0 Å². The molecular formula is C14H18N4O. The quantitative estimate of drug-likeness (QED) is 0.777. The molecule has 3 N–H and O–H groups in total. The Kier molecular flexibility index (Phi) is 3.46. The van der Waals surface area contributed by atoms with Gasteiger partial charge in [0.25, 0.3) is 5.91 Å². The number of hydrogen-bond donors (Lipinski definition) is 3. The number of aromatic amines is 1. The van der Waals surface area contributed by atoms with E-state index in [0.29, 0.717) is 11.6 Å². The summed E-state index contributed by atoms with van der Waals surface area (Å²) in [5.74, 6) is -0.0190. The molecule has 1 atom stereocenters. The summed E-state index contributed by atoms with van der Waals surface area (Å²) >= 11 is 0. The van der Waals surface area contributed by atoms with Crippen molar-refractivity contribution >= 4 is 16.9 Å². The topological polar surface area (TPSA) is 69.8 Å². The van der Waals surface area contributed by atoms with Gasteiger partial charge in [0.15, 0.2) is 0 Å². The molecule has 0 saturated carbocycles. The SMILES string of the molecule is O=C(NCC[C@H]1CCCN1)c1ccc2nc[nH]c2c1. The molecule has 1 aliphatic heterocycles. The van der Waals surface area contributed by atoms with E-state index >= 15 is 0 Å². The van der Waals surface area contributed by atoms with Crippen LogP contribution in [0.5, 0.6) is 0 Å². The summed E-state index contributed by atoms with van der Waals surface area (Å²) < 4.78 is 0. The van der Waals surface area contributed by atoms with Crippen LogP contribution in [0, 0.1) is 0 Å². The summed E-state index contributed by atoms with van der Waals surface area (Å²) in [6, 6.07) is 6.08. The van der Waals surface area contributed by atoms with Gasteiger partial charge in [-0.2, -0.15) is 0 Å². The Bertz CT molecular complexity index is 572. The predicted octanol–water partition coefficient (Wildman–Crippen LogP) is 1.43. The Labute approximate surface area is 111 Å². The highest BCUT2D eigenvalue weighted by atomic mass is 16.1. The van der Waals surface area contributed by atoms with Crippen molar-refractivity contribution in [1.29, 1.82) is 0 Å². The van der Waals surface area contributed by atoms with E-state index in [0.717, 1.165) is 30.5 Å². The molecule has 1 fully saturated rings. The van der Waals surface area contributed by atoms with Crippen LogP contribution in [-0.2, 0) is 0 Å². The average Bonchev–Trinajstić information content (AvgIpc) is 3.08. The first-order valence-corrected chi connectivity index (χ1v) is 6.77. The molecule has 2 heterocycles. The zero-order valence-electron chi connectivity index (χ0n) is 10.8. The van der Waals surface area contributed by atoms with Gasteiger partial charge in [-0.1, -0.05) is 0 Å². The number of rotatable bonds is 4. The van der Waals surface area contributed by atoms with Crippen LogP contribution in [-0.4, -0.2) is 35.0 Å². The van der Waals surface area contributed by atoms with E-state index in [1.165, 1.54) is 12.8 Å². The summed E-state index contributed by atoms with van der Waals surface area (Å²) in [5.41, 5.74) is 2.45. The van der Waals surface area contributed by atoms with Crippen LogP contribution >= 0.6 is 0 Å². The number of amides is 1. The smallest absolute Gasteiger partial charge is 0.251 e. The molecule has 100 valence electrons. The fourth-order valence-electron chi connectivity index (χ4n) is 2.54. The van der Waals surface area contributed by atoms with Crippen LogP contribution in [0.25, 0.3) is 11.0 Å². The molecule has 0 bridgehead atoms. The van der Waals surface area contributed by atoms with Gasteiger partial charge in [-0.3, -0.25) is 4.79 Å². The first-order chi connectivity index (χ1) is 9.33. The standard InChI is InChI=1S/C14H18N4O/c19-14(16-7-5-11-2-1-6-15-11)10-3-4-12-13(8-10)18-9-17-12/h3-4,8-9,11,15H,1-2,5-7H2,(H,16,19)(H,17,18)/t11-/m1/s1. The van der Waals surface area contributed by atoms with Gasteiger partial charge < -0.3 is 15.6 Å². The van der Waals surface area contributed by atoms with Gasteiger partial charge in [0, 0.05) is 18.2 Å². The lowest BCUT2D eigenvalue weighted by Crippen LogP contribution is -2.30. The number of carbonyl (C=O) groups is 1. The third-order valence-corrected chi connectivity index (χ3v) is 3.62. The van der Waals surface area contributed by atoms with Crippen LogP contribution in [0.4, 0.5) is 0 Å². The summed E-state index contributed by atoms with van der Waals surface area (Å²) in [4.78, 5) is 19.2. The van der Waals surface area contributed by atoms with Crippen LogP contribution < -0.4 is 10.6 Å². The normalized spacial score (nSPS) is 18.8. The molecule has 1 aromatic heterocycles. The minimum Gasteiger partial charge on any atom is -0.352 e. The Hall–Kier alpha value is -1.88. The van der Waals surface area contributed by atoms with Crippen LogP contribution in [0.3, 0.4) is 0 Å². The molecule has 1 saturated heterocycles. The van der Waals surface area contributed by atoms with E-state index < -0.39 is 0 Å². The van der Waals surface area contributed by atoms with Crippen LogP contribution in [0.15, 0.2) is 24.5 Å². The molecule has 3 rings (SSSR count). The largest absolute Gasteiger partial charge is 0.352 e. The maximum absolute atomic E-state index is 12.0. The maximum Gasteiger partial charge on any atom is 0.251 e. The average molecular weight is 258 g/mol. The summed E-state index contributed by atoms with van der Waals surface area (Å²) in [7, 11) is 0. The highest BCUT2D eigenvalue weighted by molar-refractivity contribution is 5.97. The monoisotopic (exact) mass is 258 g/mol. The fraction of sp³-hybridized carbons (Fsp3) is 0.429. The molecule has 0 unspecified atom stereocenters. The second kappa shape index (κ2) is 5.40. The molecule has 0 radical (unpaired) electrons.